The van der Waals surface area contributed by atoms with Gasteiger partial charge in [0, 0.05) is 27.5 Å². The van der Waals surface area contributed by atoms with Crippen LogP contribution in [0.2, 0.25) is 0 Å². The van der Waals surface area contributed by atoms with Gasteiger partial charge >= 0.3 is 6.18 Å². The largest absolute Gasteiger partial charge is 0.497 e. The van der Waals surface area contributed by atoms with Crippen molar-refractivity contribution in [3.8, 4) is 39.9 Å². The minimum Gasteiger partial charge on any atom is -0.497 e. The van der Waals surface area contributed by atoms with Gasteiger partial charge < -0.3 is 23.7 Å². The first kappa shape index (κ1) is 35.9. The molecule has 0 atom stereocenters. The van der Waals surface area contributed by atoms with Crippen molar-refractivity contribution in [1.82, 2.24) is 0 Å². The van der Waals surface area contributed by atoms with Gasteiger partial charge in [0.25, 0.3) is 0 Å². The maximum atomic E-state index is 14.5. The molecule has 0 unspecified atom stereocenters. The third-order valence-corrected chi connectivity index (χ3v) is 12.9. The highest BCUT2D eigenvalue weighted by Gasteiger charge is 2.52. The minimum absolute atomic E-state index is 0.146. The van der Waals surface area contributed by atoms with Gasteiger partial charge in [0.15, 0.2) is 17.1 Å². The predicted octanol–water partition coefficient (Wildman–Crippen LogP) is 11.9. The van der Waals surface area contributed by atoms with Gasteiger partial charge in [-0.15, -0.1) is 0 Å². The molecule has 0 radical (unpaired) electrons. The molecular weight excluding hydrogens is 689 g/mol. The Morgan fingerprint density at radius 1 is 0.667 bits per heavy atom. The Morgan fingerprint density at radius 3 is 1.72 bits per heavy atom. The van der Waals surface area contributed by atoms with Crippen molar-refractivity contribution < 1.29 is 36.9 Å². The van der Waals surface area contributed by atoms with Crippen molar-refractivity contribution in [3.05, 3.63) is 118 Å². The number of alkyl halides is 3. The number of halogens is 3. The van der Waals surface area contributed by atoms with E-state index in [4.69, 9.17) is 23.7 Å². The van der Waals surface area contributed by atoms with E-state index in [9.17, 15) is 13.2 Å². The Hall–Kier alpha value is -5.11. The first-order valence-corrected chi connectivity index (χ1v) is 18.7. The van der Waals surface area contributed by atoms with E-state index in [1.807, 2.05) is 60.7 Å². The van der Waals surface area contributed by atoms with Crippen molar-refractivity contribution in [2.24, 2.45) is 5.41 Å². The molecule has 0 aromatic heterocycles. The van der Waals surface area contributed by atoms with Crippen LogP contribution in [0.1, 0.15) is 85.8 Å². The lowest BCUT2D eigenvalue weighted by molar-refractivity contribution is -0.137. The van der Waals surface area contributed by atoms with Crippen molar-refractivity contribution in [2.45, 2.75) is 69.6 Å². The van der Waals surface area contributed by atoms with Gasteiger partial charge in [-0.3, -0.25) is 0 Å². The Bertz CT molecular complexity index is 2210. The van der Waals surface area contributed by atoms with Crippen LogP contribution >= 0.6 is 0 Å². The second-order valence-electron chi connectivity index (χ2n) is 14.9. The molecule has 1 fully saturated rings. The molecule has 280 valence electrons. The summed E-state index contributed by atoms with van der Waals surface area (Å²) >= 11 is 0. The predicted molar refractivity (Wildman–Crippen MR) is 206 cm³/mol. The molecule has 0 N–H and O–H groups in total. The number of benzene rings is 5. The molecule has 54 heavy (non-hydrogen) atoms. The molecule has 2 aliphatic carbocycles. The summed E-state index contributed by atoms with van der Waals surface area (Å²) in [6.45, 7) is 4.48. The van der Waals surface area contributed by atoms with E-state index in [0.717, 1.165) is 99.7 Å². The molecule has 0 bridgehead atoms. The summed E-state index contributed by atoms with van der Waals surface area (Å²) in [6, 6.07) is 23.9. The summed E-state index contributed by atoms with van der Waals surface area (Å²) in [5, 5.41) is 1.63. The first-order valence-electron chi connectivity index (χ1n) is 18.7. The average molecular weight is 735 g/mol. The maximum absolute atomic E-state index is 14.5. The molecule has 1 spiro atoms. The van der Waals surface area contributed by atoms with E-state index in [1.165, 1.54) is 12.1 Å². The van der Waals surface area contributed by atoms with E-state index >= 15 is 0 Å². The monoisotopic (exact) mass is 734 g/mol. The minimum atomic E-state index is -4.48. The number of fused-ring (bicyclic) bond motifs is 10. The summed E-state index contributed by atoms with van der Waals surface area (Å²) < 4.78 is 73.8. The van der Waals surface area contributed by atoms with Gasteiger partial charge in [-0.25, -0.2) is 0 Å². The molecule has 0 saturated heterocycles. The highest BCUT2D eigenvalue weighted by molar-refractivity contribution is 6.09. The summed E-state index contributed by atoms with van der Waals surface area (Å²) in [4.78, 5) is 0. The van der Waals surface area contributed by atoms with Crippen LogP contribution in [-0.2, 0) is 17.2 Å². The van der Waals surface area contributed by atoms with Gasteiger partial charge in [0.1, 0.15) is 17.2 Å². The van der Waals surface area contributed by atoms with Gasteiger partial charge in [-0.1, -0.05) is 63.1 Å². The number of hydrogen-bond donors (Lipinski definition) is 0. The molecule has 5 nitrogen and oxygen atoms in total. The third kappa shape index (κ3) is 5.27. The number of rotatable bonds is 8. The summed E-state index contributed by atoms with van der Waals surface area (Å²) in [6.07, 6.45) is 5.12. The molecule has 8 heteroatoms. The van der Waals surface area contributed by atoms with Gasteiger partial charge in [0.05, 0.1) is 34.0 Å². The number of hydrogen-bond acceptors (Lipinski definition) is 5. The highest BCUT2D eigenvalue weighted by Crippen LogP contribution is 2.65. The van der Waals surface area contributed by atoms with E-state index < -0.39 is 22.8 Å². The molecular formula is C46H45F3O5. The fraction of sp³-hybridized carbons (Fsp3) is 0.348. The highest BCUT2D eigenvalue weighted by atomic mass is 19.4. The van der Waals surface area contributed by atoms with Crippen LogP contribution in [0.3, 0.4) is 0 Å². The zero-order valence-corrected chi connectivity index (χ0v) is 31.6. The standard InChI is InChI=1S/C46H45F3O5/c1-7-43(8-2)21-23-44(24-22-43)37-25-30(46(47,48)49)13-18-33(37)40-35-26-38(52-5)39(53-6)27-36(35)42-34(41(40)44)19-20-45(54-42,28-9-14-31(50-3)15-10-28)29-11-16-32(51-4)17-12-29/h9-20,25-27H,7-8,21-24H2,1-6H3. The maximum Gasteiger partial charge on any atom is 0.416 e. The van der Waals surface area contributed by atoms with Crippen LogP contribution < -0.4 is 23.7 Å². The Morgan fingerprint density at radius 2 is 1.22 bits per heavy atom. The number of ether oxygens (including phenoxy) is 5. The van der Waals surface area contributed by atoms with Gasteiger partial charge in [-0.05, 0) is 113 Å². The van der Waals surface area contributed by atoms with Crippen molar-refractivity contribution in [3.63, 3.8) is 0 Å². The van der Waals surface area contributed by atoms with E-state index in [0.29, 0.717) is 17.2 Å². The average Bonchev–Trinajstić information content (AvgIpc) is 3.49. The van der Waals surface area contributed by atoms with E-state index in [2.05, 4.69) is 26.0 Å². The van der Waals surface area contributed by atoms with Crippen LogP contribution in [-0.4, -0.2) is 28.4 Å². The summed E-state index contributed by atoms with van der Waals surface area (Å²) in [5.41, 5.74) is 3.97. The lowest BCUT2D eigenvalue weighted by Gasteiger charge is -2.47. The second kappa shape index (κ2) is 13.0. The Kier molecular flexibility index (Phi) is 8.66. The fourth-order valence-electron chi connectivity index (χ4n) is 9.55. The van der Waals surface area contributed by atoms with Gasteiger partial charge in [0.2, 0.25) is 0 Å². The van der Waals surface area contributed by atoms with Crippen LogP contribution in [0, 0.1) is 5.41 Å². The molecule has 3 aliphatic rings. The zero-order valence-electron chi connectivity index (χ0n) is 31.6. The molecule has 5 aromatic rings. The second-order valence-corrected chi connectivity index (χ2v) is 14.9. The number of methoxy groups -OCH3 is 4. The molecule has 8 rings (SSSR count). The van der Waals surface area contributed by atoms with E-state index in [-0.39, 0.29) is 5.41 Å². The molecule has 5 aromatic carbocycles. The lowest BCUT2D eigenvalue weighted by Crippen LogP contribution is -2.38. The SMILES string of the molecule is CCC1(CC)CCC2(CC1)c1cc(C(F)(F)F)ccc1-c1c2c2c(c3cc(OC)c(OC)cc13)OC(c1ccc(OC)cc1)(c1ccc(OC)cc1)C=C2. The zero-order chi connectivity index (χ0) is 38.0. The topological polar surface area (TPSA) is 46.2 Å². The van der Waals surface area contributed by atoms with Crippen LogP contribution in [0.4, 0.5) is 13.2 Å². The first-order chi connectivity index (χ1) is 26.0. The molecule has 0 amide bonds. The lowest BCUT2D eigenvalue weighted by atomic mass is 9.58. The van der Waals surface area contributed by atoms with E-state index in [1.54, 1.807) is 34.5 Å². The molecule has 1 saturated carbocycles. The fourth-order valence-corrected chi connectivity index (χ4v) is 9.55. The Labute approximate surface area is 314 Å². The normalized spacial score (nSPS) is 17.4. The van der Waals surface area contributed by atoms with Gasteiger partial charge in [-0.2, -0.15) is 13.2 Å². The Balaban J connectivity index is 1.46. The smallest absolute Gasteiger partial charge is 0.416 e. The van der Waals surface area contributed by atoms with Crippen LogP contribution in [0.25, 0.3) is 28.0 Å². The quantitative estimate of drug-likeness (QED) is 0.159. The molecule has 1 aliphatic heterocycles. The van der Waals surface area contributed by atoms with Crippen LogP contribution in [0.15, 0.2) is 84.9 Å². The van der Waals surface area contributed by atoms with Crippen LogP contribution in [0.5, 0.6) is 28.7 Å². The van der Waals surface area contributed by atoms with Crippen molar-refractivity contribution in [2.75, 3.05) is 28.4 Å². The van der Waals surface area contributed by atoms with Crippen molar-refractivity contribution >= 4 is 16.8 Å². The van der Waals surface area contributed by atoms with Crippen molar-refractivity contribution in [1.29, 1.82) is 0 Å². The summed E-state index contributed by atoms with van der Waals surface area (Å²) in [5.74, 6) is 3.14. The third-order valence-electron chi connectivity index (χ3n) is 12.9. The molecule has 1 heterocycles. The summed E-state index contributed by atoms with van der Waals surface area (Å²) in [7, 11) is 6.47.